The van der Waals surface area contributed by atoms with Gasteiger partial charge in [0.1, 0.15) is 5.25 Å². The number of hydrogen-bond donors (Lipinski definition) is 1. The number of sulfonamides is 1. The highest BCUT2D eigenvalue weighted by Crippen LogP contribution is 2.27. The molecule has 1 saturated heterocycles. The van der Waals surface area contributed by atoms with Crippen molar-refractivity contribution in [3.05, 3.63) is 0 Å². The second-order valence-electron chi connectivity index (χ2n) is 5.47. The van der Waals surface area contributed by atoms with Gasteiger partial charge >= 0.3 is 5.97 Å². The smallest absolute Gasteiger partial charge is 0.316 e. The first-order valence-electron chi connectivity index (χ1n) is 6.51. The highest BCUT2D eigenvalue weighted by atomic mass is 32.2. The third-order valence-corrected chi connectivity index (χ3v) is 6.35. The fourth-order valence-electron chi connectivity index (χ4n) is 2.25. The molecule has 1 heterocycles. The van der Waals surface area contributed by atoms with Crippen molar-refractivity contribution in [2.45, 2.75) is 31.9 Å². The van der Waals surface area contributed by atoms with Gasteiger partial charge in [0.15, 0.2) is 0 Å². The molecule has 0 aromatic heterocycles. The van der Waals surface area contributed by atoms with E-state index >= 15 is 0 Å². The lowest BCUT2D eigenvalue weighted by atomic mass is 10.0. The van der Waals surface area contributed by atoms with Crippen LogP contribution in [0.3, 0.4) is 0 Å². The number of carboxylic acids is 1. The summed E-state index contributed by atoms with van der Waals surface area (Å²) in [7, 11) is -3.12. The molecule has 2 unspecified atom stereocenters. The molecule has 0 aliphatic carbocycles. The molecule has 0 aromatic rings. The van der Waals surface area contributed by atoms with Gasteiger partial charge in [-0.05, 0) is 30.4 Å². The van der Waals surface area contributed by atoms with Gasteiger partial charge < -0.3 is 5.11 Å². The fourth-order valence-corrected chi connectivity index (χ4v) is 4.47. The van der Waals surface area contributed by atoms with Gasteiger partial charge in [-0.25, -0.2) is 12.7 Å². The van der Waals surface area contributed by atoms with Crippen LogP contribution in [0.4, 0.5) is 0 Å². The van der Waals surface area contributed by atoms with E-state index in [1.807, 2.05) is 13.8 Å². The Hall–Kier alpha value is -0.270. The minimum Gasteiger partial charge on any atom is -0.480 e. The molecule has 0 aromatic carbocycles. The summed E-state index contributed by atoms with van der Waals surface area (Å²) >= 11 is 1.44. The van der Waals surface area contributed by atoms with Crippen LogP contribution in [0.5, 0.6) is 0 Å². The minimum atomic E-state index is -3.12. The number of carbonyl (C=O) groups is 1. The van der Waals surface area contributed by atoms with Crippen molar-refractivity contribution in [1.82, 2.24) is 4.31 Å². The van der Waals surface area contributed by atoms with Crippen molar-refractivity contribution < 1.29 is 18.3 Å². The number of rotatable bonds is 6. The monoisotopic (exact) mass is 309 g/mol. The molecule has 1 aliphatic heterocycles. The van der Waals surface area contributed by atoms with Crippen LogP contribution in [0.1, 0.15) is 26.7 Å². The van der Waals surface area contributed by atoms with Crippen molar-refractivity contribution in [2.24, 2.45) is 11.8 Å². The molecule has 1 rings (SSSR count). The SMILES string of the molecule is CC(C)C(SCC1CCCN(S(C)(=O)=O)C1)C(=O)O. The summed E-state index contributed by atoms with van der Waals surface area (Å²) in [6.07, 6.45) is 3.07. The van der Waals surface area contributed by atoms with Gasteiger partial charge in [-0.2, -0.15) is 0 Å². The highest BCUT2D eigenvalue weighted by molar-refractivity contribution is 8.00. The Labute approximate surface area is 119 Å². The molecule has 2 atom stereocenters. The van der Waals surface area contributed by atoms with E-state index in [9.17, 15) is 13.2 Å². The zero-order valence-corrected chi connectivity index (χ0v) is 13.3. The maximum absolute atomic E-state index is 11.5. The van der Waals surface area contributed by atoms with Crippen LogP contribution >= 0.6 is 11.8 Å². The van der Waals surface area contributed by atoms with E-state index < -0.39 is 21.2 Å². The van der Waals surface area contributed by atoms with Crippen LogP contribution in [-0.4, -0.2) is 54.1 Å². The van der Waals surface area contributed by atoms with Gasteiger partial charge in [-0.3, -0.25) is 4.79 Å². The molecule has 19 heavy (non-hydrogen) atoms. The zero-order chi connectivity index (χ0) is 14.6. The lowest BCUT2D eigenvalue weighted by molar-refractivity contribution is -0.137. The third kappa shape index (κ3) is 5.31. The van der Waals surface area contributed by atoms with E-state index in [0.717, 1.165) is 12.8 Å². The molecule has 1 N–H and O–H groups in total. The van der Waals surface area contributed by atoms with Gasteiger partial charge in [0.25, 0.3) is 0 Å². The summed E-state index contributed by atoms with van der Waals surface area (Å²) in [5.74, 6) is 0.267. The summed E-state index contributed by atoms with van der Waals surface area (Å²) in [5, 5.41) is 8.72. The Kier molecular flexibility index (Phi) is 6.14. The van der Waals surface area contributed by atoms with Crippen LogP contribution in [0.15, 0.2) is 0 Å². The Balaban J connectivity index is 2.51. The predicted molar refractivity (Wildman–Crippen MR) is 77.9 cm³/mol. The molecule has 112 valence electrons. The quantitative estimate of drug-likeness (QED) is 0.805. The van der Waals surface area contributed by atoms with Gasteiger partial charge in [0, 0.05) is 13.1 Å². The number of thioether (sulfide) groups is 1. The Morgan fingerprint density at radius 1 is 1.47 bits per heavy atom. The Morgan fingerprint density at radius 2 is 2.11 bits per heavy atom. The minimum absolute atomic E-state index is 0.0806. The summed E-state index contributed by atoms with van der Waals surface area (Å²) in [5.41, 5.74) is 0. The normalized spacial score (nSPS) is 23.5. The van der Waals surface area contributed by atoms with E-state index in [-0.39, 0.29) is 11.8 Å². The maximum Gasteiger partial charge on any atom is 0.316 e. The van der Waals surface area contributed by atoms with Crippen molar-refractivity contribution >= 4 is 27.8 Å². The van der Waals surface area contributed by atoms with Gasteiger partial charge in [-0.1, -0.05) is 13.8 Å². The molecule has 0 amide bonds. The number of nitrogens with zero attached hydrogens (tertiary/aromatic N) is 1. The van der Waals surface area contributed by atoms with Crippen molar-refractivity contribution in [1.29, 1.82) is 0 Å². The van der Waals surface area contributed by atoms with Gasteiger partial charge in [0.2, 0.25) is 10.0 Å². The fraction of sp³-hybridized carbons (Fsp3) is 0.917. The second kappa shape index (κ2) is 6.95. The first kappa shape index (κ1) is 16.8. The number of piperidine rings is 1. The lowest BCUT2D eigenvalue weighted by Gasteiger charge is -2.31. The molecule has 0 bridgehead atoms. The van der Waals surface area contributed by atoms with Crippen LogP contribution in [-0.2, 0) is 14.8 Å². The van der Waals surface area contributed by atoms with Crippen molar-refractivity contribution in [3.63, 3.8) is 0 Å². The summed E-state index contributed by atoms with van der Waals surface area (Å²) in [4.78, 5) is 11.1. The maximum atomic E-state index is 11.5. The molecular formula is C12H23NO4S2. The first-order chi connectivity index (χ1) is 8.71. The van der Waals surface area contributed by atoms with E-state index in [0.29, 0.717) is 18.8 Å². The third-order valence-electron chi connectivity index (χ3n) is 3.31. The van der Waals surface area contributed by atoms with E-state index in [2.05, 4.69) is 0 Å². The van der Waals surface area contributed by atoms with Crippen molar-refractivity contribution in [2.75, 3.05) is 25.1 Å². The second-order valence-corrected chi connectivity index (χ2v) is 8.62. The molecular weight excluding hydrogens is 286 g/mol. The van der Waals surface area contributed by atoms with E-state index in [4.69, 9.17) is 5.11 Å². The first-order valence-corrected chi connectivity index (χ1v) is 9.41. The average molecular weight is 309 g/mol. The molecule has 1 fully saturated rings. The zero-order valence-electron chi connectivity index (χ0n) is 11.7. The lowest BCUT2D eigenvalue weighted by Crippen LogP contribution is -2.40. The predicted octanol–water partition coefficient (Wildman–Crippen LogP) is 1.50. The van der Waals surface area contributed by atoms with Crippen LogP contribution in [0.2, 0.25) is 0 Å². The summed E-state index contributed by atoms with van der Waals surface area (Å²) in [6, 6.07) is 0. The largest absolute Gasteiger partial charge is 0.480 e. The van der Waals surface area contributed by atoms with Crippen LogP contribution in [0, 0.1) is 11.8 Å². The highest BCUT2D eigenvalue weighted by Gasteiger charge is 2.28. The Bertz CT molecular complexity index is 408. The van der Waals surface area contributed by atoms with Crippen LogP contribution in [0.25, 0.3) is 0 Å². The molecule has 1 aliphatic rings. The van der Waals surface area contributed by atoms with Crippen LogP contribution < -0.4 is 0 Å². The standard InChI is InChI=1S/C12H23NO4S2/c1-9(2)11(12(14)15)18-8-10-5-4-6-13(7-10)19(3,16)17/h9-11H,4-8H2,1-3H3,(H,14,15). The average Bonchev–Trinajstić information content (AvgIpc) is 2.27. The van der Waals surface area contributed by atoms with E-state index in [1.54, 1.807) is 0 Å². The molecule has 0 radical (unpaired) electrons. The topological polar surface area (TPSA) is 74.7 Å². The van der Waals surface area contributed by atoms with Gasteiger partial charge in [-0.15, -0.1) is 11.8 Å². The number of hydrogen-bond acceptors (Lipinski definition) is 4. The molecule has 7 heteroatoms. The van der Waals surface area contributed by atoms with E-state index in [1.165, 1.54) is 22.3 Å². The summed E-state index contributed by atoms with van der Waals surface area (Å²) < 4.78 is 24.5. The summed E-state index contributed by atoms with van der Waals surface area (Å²) in [6.45, 7) is 4.91. The Morgan fingerprint density at radius 3 is 2.58 bits per heavy atom. The molecule has 0 saturated carbocycles. The van der Waals surface area contributed by atoms with Gasteiger partial charge in [0.05, 0.1) is 6.26 Å². The van der Waals surface area contributed by atoms with Crippen molar-refractivity contribution in [3.8, 4) is 0 Å². The number of aliphatic carboxylic acids is 1. The molecule has 0 spiro atoms. The molecule has 5 nitrogen and oxygen atoms in total. The number of carboxylic acid groups (broad SMARTS) is 1.